The first-order chi connectivity index (χ1) is 57.5. The second kappa shape index (κ2) is 42.0. The van der Waals surface area contributed by atoms with Gasteiger partial charge in [0.05, 0.1) is 73.7 Å². The van der Waals surface area contributed by atoms with Crippen molar-refractivity contribution in [3.63, 3.8) is 0 Å². The molecule has 630 valence electrons. The quantitative estimate of drug-likeness (QED) is 0.0521. The number of primary amides is 1. The summed E-state index contributed by atoms with van der Waals surface area (Å²) in [5.74, 6) is 2.19. The van der Waals surface area contributed by atoms with Crippen molar-refractivity contribution < 1.29 is 51.4 Å². The number of likely N-dealkylation sites (N-methyl/N-ethyl adjacent to an activating group) is 5. The van der Waals surface area contributed by atoms with Gasteiger partial charge in [0.25, 0.3) is 0 Å². The number of nitrogens with zero attached hydrogens (tertiary/aromatic N) is 6. The lowest BCUT2D eigenvalue weighted by molar-refractivity contribution is -0.137. The van der Waals surface area contributed by atoms with Crippen LogP contribution in [0.2, 0.25) is 15.1 Å². The highest BCUT2D eigenvalue weighted by atomic mass is 79.9. The molecule has 0 atom stereocenters. The highest BCUT2D eigenvalue weighted by Gasteiger charge is 2.32. The molecule has 0 unspecified atom stereocenters. The van der Waals surface area contributed by atoms with Gasteiger partial charge in [-0.15, -0.1) is 0 Å². The van der Waals surface area contributed by atoms with Crippen LogP contribution in [0.5, 0.6) is 17.2 Å². The van der Waals surface area contributed by atoms with Gasteiger partial charge in [-0.3, -0.25) is 4.90 Å². The highest BCUT2D eigenvalue weighted by Crippen LogP contribution is 2.40. The number of amides is 10. The van der Waals surface area contributed by atoms with Crippen LogP contribution in [0.1, 0.15) is 61.2 Å². The fourth-order valence-electron chi connectivity index (χ4n) is 14.4. The van der Waals surface area contributed by atoms with Crippen LogP contribution in [-0.4, -0.2) is 144 Å². The van der Waals surface area contributed by atoms with Crippen LogP contribution < -0.4 is 67.4 Å². The minimum Gasteiger partial charge on any atom is -0.497 e. The molecular formula is C89H95Br2Cl3F3N15O8. The van der Waals surface area contributed by atoms with Crippen LogP contribution in [0, 0.1) is 0 Å². The van der Waals surface area contributed by atoms with Crippen LogP contribution in [0.3, 0.4) is 0 Å². The van der Waals surface area contributed by atoms with Crippen LogP contribution in [0.4, 0.5) is 94.0 Å². The van der Waals surface area contributed by atoms with E-state index in [-0.39, 0.29) is 28.8 Å². The number of carbonyl (C=O) groups excluding carboxylic acids is 5. The Morgan fingerprint density at radius 3 is 1.27 bits per heavy atom. The van der Waals surface area contributed by atoms with Gasteiger partial charge >= 0.3 is 36.3 Å². The number of urea groups is 5. The van der Waals surface area contributed by atoms with E-state index < -0.39 is 23.8 Å². The average molecular weight is 1830 g/mol. The number of nitrogens with one attached hydrogen (secondary N) is 8. The van der Waals surface area contributed by atoms with Gasteiger partial charge in [-0.2, -0.15) is 13.2 Å². The SMILES string of the molecule is CN1CCc2c(cccc2NC(=O)Nc2cc(C(F)(F)F)ccc2Cl)C1.CN1CCc2c(cccc2NC(=O)Nc2cccc(Cl)c2Cl)C1.COc1ccc(N(C(N)=O)c2cccc3c2CCN(C)C3)cc1Br.COc1ccc(NC(=O)Nc2ccc3c(c2)CN(C)CC3)cc1.COc1ccc(NC(=O)Nc2ccc3c(c2)CN(C)CC3)cc1Br. The molecule has 5 aliphatic heterocycles. The Morgan fingerprint density at radius 1 is 0.392 bits per heavy atom. The molecule has 10 aromatic rings. The molecule has 0 saturated carbocycles. The smallest absolute Gasteiger partial charge is 0.416 e. The van der Waals surface area contributed by atoms with Crippen LogP contribution >= 0.6 is 66.7 Å². The minimum absolute atomic E-state index is 0.0323. The van der Waals surface area contributed by atoms with E-state index >= 15 is 0 Å². The monoisotopic (exact) mass is 1820 g/mol. The molecule has 0 spiro atoms. The third kappa shape index (κ3) is 24.8. The summed E-state index contributed by atoms with van der Waals surface area (Å²) in [5, 5.41) is 22.9. The Hall–Kier alpha value is -10.6. The molecule has 0 saturated heterocycles. The van der Waals surface area contributed by atoms with Gasteiger partial charge in [0.1, 0.15) is 17.2 Å². The summed E-state index contributed by atoms with van der Waals surface area (Å²) in [7, 11) is 15.3. The summed E-state index contributed by atoms with van der Waals surface area (Å²) < 4.78 is 55.6. The fraction of sp³-hybridized carbons (Fsp3) is 0.270. The number of carbonyl (C=O) groups is 5. The van der Waals surface area contributed by atoms with Crippen molar-refractivity contribution in [2.75, 3.05) is 137 Å². The number of alkyl halides is 3. The second-order valence-electron chi connectivity index (χ2n) is 29.4. The lowest BCUT2D eigenvalue weighted by Crippen LogP contribution is -2.34. The van der Waals surface area contributed by atoms with Crippen molar-refractivity contribution in [1.82, 2.24) is 24.5 Å². The van der Waals surface area contributed by atoms with Gasteiger partial charge < -0.3 is 87.0 Å². The summed E-state index contributed by atoms with van der Waals surface area (Å²) >= 11 is 24.8. The minimum atomic E-state index is -4.51. The first kappa shape index (κ1) is 90.1. The van der Waals surface area contributed by atoms with E-state index in [9.17, 15) is 37.1 Å². The maximum absolute atomic E-state index is 12.8. The van der Waals surface area contributed by atoms with Crippen molar-refractivity contribution in [1.29, 1.82) is 0 Å². The van der Waals surface area contributed by atoms with Crippen molar-refractivity contribution >= 4 is 154 Å². The number of halogens is 8. The van der Waals surface area contributed by atoms with Crippen molar-refractivity contribution in [3.05, 3.63) is 273 Å². The second-order valence-corrected chi connectivity index (χ2v) is 32.3. The molecule has 10 amide bonds. The van der Waals surface area contributed by atoms with E-state index in [0.29, 0.717) is 38.5 Å². The zero-order chi connectivity index (χ0) is 85.9. The first-order valence-electron chi connectivity index (χ1n) is 38.5. The summed E-state index contributed by atoms with van der Waals surface area (Å²) in [4.78, 5) is 73.9. The Morgan fingerprint density at radius 2 is 0.792 bits per heavy atom. The molecule has 31 heteroatoms. The summed E-state index contributed by atoms with van der Waals surface area (Å²) in [6.07, 6.45) is 0.195. The number of methoxy groups -OCH3 is 3. The third-order valence-corrected chi connectivity index (χ3v) is 22.9. The predicted molar refractivity (Wildman–Crippen MR) is 482 cm³/mol. The van der Waals surface area contributed by atoms with Crippen LogP contribution in [-0.2, 0) is 71.0 Å². The molecule has 0 aliphatic carbocycles. The molecule has 5 heterocycles. The standard InChI is InChI=1S/2C18H20BrN3O2.C18H17ClF3N3O.C18H21N3O2.C17H17Cl2N3O/c1-22-8-7-12-3-4-14(9-13(12)11-22)20-18(23)21-15-5-6-17(24-2)16(19)10-15;1-21-9-8-14-12(11-21)4-3-5-16(14)22(18(20)23)13-6-7-17(24-2)15(19)10-13;1-25-8-7-13-11(10-25)3-2-4-15(13)23-17(26)24-16-9-12(18(20,21)22)5-6-14(16)19;1-21-10-9-13-3-4-16(11-14(13)12-21)20-18(22)19-15-5-7-17(23-2)8-6-15;1-22-9-8-12-11(10-22)4-2-6-14(12)20-17(23)21-15-7-3-5-13(18)16(15)19/h3-6,9-10H,7-8,11H2,1-2H3,(H2,20,21,23);3-7,10H,8-9,11H2,1-2H3,(H2,20,23);2-6,9H,7-8,10H2,1H3,(H2,23,24,26);3-8,11H,9-10,12H2,1-2H3,(H2,19,20,22);2-7H,8-10H2,1H3,(H2,20,21,23). The summed E-state index contributed by atoms with van der Waals surface area (Å²) in [6.45, 7) is 9.36. The average Bonchev–Trinajstić information content (AvgIpc) is 0.783. The number of anilines is 10. The fourth-order valence-corrected chi connectivity index (χ4v) is 15.9. The van der Waals surface area contributed by atoms with Gasteiger partial charge in [0.15, 0.2) is 0 Å². The van der Waals surface area contributed by atoms with E-state index in [1.807, 2.05) is 85.9 Å². The number of benzene rings is 10. The van der Waals surface area contributed by atoms with Gasteiger partial charge in [-0.25, -0.2) is 24.0 Å². The number of hydrogen-bond donors (Lipinski definition) is 9. The van der Waals surface area contributed by atoms with Crippen LogP contribution in [0.25, 0.3) is 0 Å². The number of rotatable bonds is 13. The lowest BCUT2D eigenvalue weighted by Gasteiger charge is -2.30. The zero-order valence-corrected chi connectivity index (χ0v) is 73.0. The van der Waals surface area contributed by atoms with E-state index in [2.05, 4.69) is 163 Å². The Balaban J connectivity index is 0.000000147. The van der Waals surface area contributed by atoms with Crippen LogP contribution in [0.15, 0.2) is 197 Å². The molecule has 0 fully saturated rings. The molecule has 10 N–H and O–H groups in total. The molecular weight excluding hydrogens is 1730 g/mol. The highest BCUT2D eigenvalue weighted by molar-refractivity contribution is 9.11. The van der Waals surface area contributed by atoms with E-state index in [4.69, 9.17) is 54.7 Å². The van der Waals surface area contributed by atoms with Gasteiger partial charge in [0.2, 0.25) is 0 Å². The molecule has 0 aromatic heterocycles. The number of nitrogens with two attached hydrogens (primary N) is 1. The number of hydrogen-bond acceptors (Lipinski definition) is 13. The van der Waals surface area contributed by atoms with E-state index in [1.165, 1.54) is 44.5 Å². The molecule has 5 aliphatic rings. The molecule has 10 aromatic carbocycles. The lowest BCUT2D eigenvalue weighted by atomic mass is 9.97. The largest absolute Gasteiger partial charge is 0.497 e. The van der Waals surface area contributed by atoms with Gasteiger partial charge in [0, 0.05) is 99.6 Å². The normalized spacial score (nSPS) is 14.2. The maximum Gasteiger partial charge on any atom is 0.416 e. The Kier molecular flexibility index (Phi) is 31.6. The zero-order valence-electron chi connectivity index (χ0n) is 67.6. The van der Waals surface area contributed by atoms with Gasteiger partial charge in [-0.05, 0) is 288 Å². The number of ether oxygens (including phenoxy) is 3. The maximum atomic E-state index is 12.8. The van der Waals surface area contributed by atoms with Gasteiger partial charge in [-0.1, -0.05) is 89.4 Å². The summed E-state index contributed by atoms with van der Waals surface area (Å²) in [6, 6.07) is 53.9. The molecule has 0 radical (unpaired) electrons. The molecule has 0 bridgehead atoms. The topological polar surface area (TPSA) is 255 Å². The van der Waals surface area contributed by atoms with Crippen molar-refractivity contribution in [3.8, 4) is 17.2 Å². The number of fused-ring (bicyclic) bond motifs is 5. The Bertz CT molecular complexity index is 5350. The van der Waals surface area contributed by atoms with Crippen molar-refractivity contribution in [2.45, 2.75) is 71.0 Å². The molecule has 15 rings (SSSR count). The summed E-state index contributed by atoms with van der Waals surface area (Å²) in [5.41, 5.74) is 23.6. The van der Waals surface area contributed by atoms with E-state index in [0.717, 1.165) is 176 Å². The predicted octanol–water partition coefficient (Wildman–Crippen LogP) is 20.7. The first-order valence-corrected chi connectivity index (χ1v) is 41.2. The van der Waals surface area contributed by atoms with E-state index in [1.54, 1.807) is 80.8 Å². The Labute approximate surface area is 728 Å². The molecule has 23 nitrogen and oxygen atoms in total. The molecule has 120 heavy (non-hydrogen) atoms. The van der Waals surface area contributed by atoms with Crippen molar-refractivity contribution in [2.24, 2.45) is 5.73 Å². The third-order valence-electron chi connectivity index (χ3n) is 20.5.